The van der Waals surface area contributed by atoms with E-state index < -0.39 is 5.60 Å². The van der Waals surface area contributed by atoms with Gasteiger partial charge in [-0.15, -0.1) is 0 Å². The second-order valence-corrected chi connectivity index (χ2v) is 6.00. The number of hydrogen-bond acceptors (Lipinski definition) is 3. The van der Waals surface area contributed by atoms with Crippen LogP contribution in [0.2, 0.25) is 0 Å². The third kappa shape index (κ3) is 3.64. The molecular formula is C16H23NO2. The molecule has 3 heteroatoms. The van der Waals surface area contributed by atoms with Gasteiger partial charge in [0, 0.05) is 18.7 Å². The van der Waals surface area contributed by atoms with E-state index in [1.54, 1.807) is 0 Å². The van der Waals surface area contributed by atoms with E-state index in [1.807, 2.05) is 32.0 Å². The van der Waals surface area contributed by atoms with Gasteiger partial charge in [-0.3, -0.25) is 9.69 Å². The SMILES string of the molecule is Cc1ccc(C(=O)CN2CCC(C)(O)CC2)cc1C. The molecule has 0 spiro atoms. The van der Waals surface area contributed by atoms with Crippen LogP contribution in [-0.2, 0) is 0 Å². The number of nitrogens with zero attached hydrogens (tertiary/aromatic N) is 1. The highest BCUT2D eigenvalue weighted by Gasteiger charge is 2.28. The molecule has 1 aliphatic heterocycles. The Morgan fingerprint density at radius 1 is 1.26 bits per heavy atom. The normalized spacial score (nSPS) is 19.4. The van der Waals surface area contributed by atoms with Crippen LogP contribution in [0, 0.1) is 13.8 Å². The minimum Gasteiger partial charge on any atom is -0.390 e. The fourth-order valence-corrected chi connectivity index (χ4v) is 2.40. The molecule has 0 aliphatic carbocycles. The summed E-state index contributed by atoms with van der Waals surface area (Å²) in [5.41, 5.74) is 2.61. The van der Waals surface area contributed by atoms with Crippen molar-refractivity contribution in [3.05, 3.63) is 34.9 Å². The first-order valence-electron chi connectivity index (χ1n) is 6.93. The molecule has 19 heavy (non-hydrogen) atoms. The minimum atomic E-state index is -0.556. The quantitative estimate of drug-likeness (QED) is 0.849. The molecule has 0 atom stereocenters. The number of likely N-dealkylation sites (tertiary alicyclic amines) is 1. The molecule has 0 saturated carbocycles. The summed E-state index contributed by atoms with van der Waals surface area (Å²) >= 11 is 0. The van der Waals surface area contributed by atoms with Gasteiger partial charge in [0.25, 0.3) is 0 Å². The van der Waals surface area contributed by atoms with Crippen LogP contribution in [-0.4, -0.2) is 41.0 Å². The first-order chi connectivity index (χ1) is 8.87. The highest BCUT2D eigenvalue weighted by Crippen LogP contribution is 2.21. The number of aryl methyl sites for hydroxylation is 2. The van der Waals surface area contributed by atoms with Gasteiger partial charge in [-0.2, -0.15) is 0 Å². The van der Waals surface area contributed by atoms with E-state index >= 15 is 0 Å². The van der Waals surface area contributed by atoms with Crippen molar-refractivity contribution >= 4 is 5.78 Å². The van der Waals surface area contributed by atoms with Crippen LogP contribution in [0.4, 0.5) is 0 Å². The van der Waals surface area contributed by atoms with Gasteiger partial charge in [0.1, 0.15) is 0 Å². The van der Waals surface area contributed by atoms with E-state index in [4.69, 9.17) is 0 Å². The summed E-state index contributed by atoms with van der Waals surface area (Å²) in [6.07, 6.45) is 1.49. The lowest BCUT2D eigenvalue weighted by Gasteiger charge is -2.35. The van der Waals surface area contributed by atoms with E-state index in [0.29, 0.717) is 6.54 Å². The van der Waals surface area contributed by atoms with Gasteiger partial charge in [-0.05, 0) is 50.8 Å². The number of Topliss-reactive ketones (excluding diaryl/α,β-unsaturated/α-hetero) is 1. The molecule has 0 bridgehead atoms. The lowest BCUT2D eigenvalue weighted by Crippen LogP contribution is -2.44. The van der Waals surface area contributed by atoms with Crippen molar-refractivity contribution in [2.45, 2.75) is 39.2 Å². The van der Waals surface area contributed by atoms with Crippen molar-refractivity contribution < 1.29 is 9.90 Å². The van der Waals surface area contributed by atoms with Gasteiger partial charge in [0.15, 0.2) is 5.78 Å². The number of rotatable bonds is 3. The Labute approximate surface area is 115 Å². The molecule has 1 heterocycles. The Morgan fingerprint density at radius 2 is 1.89 bits per heavy atom. The van der Waals surface area contributed by atoms with Crippen LogP contribution >= 0.6 is 0 Å². The zero-order chi connectivity index (χ0) is 14.0. The van der Waals surface area contributed by atoms with E-state index in [-0.39, 0.29) is 5.78 Å². The summed E-state index contributed by atoms with van der Waals surface area (Å²) in [5.74, 6) is 0.171. The monoisotopic (exact) mass is 261 g/mol. The van der Waals surface area contributed by atoms with Crippen molar-refractivity contribution in [1.82, 2.24) is 4.90 Å². The second kappa shape index (κ2) is 5.43. The fraction of sp³-hybridized carbons (Fsp3) is 0.562. The average Bonchev–Trinajstić information content (AvgIpc) is 2.35. The summed E-state index contributed by atoms with van der Waals surface area (Å²) < 4.78 is 0. The summed E-state index contributed by atoms with van der Waals surface area (Å²) in [6, 6.07) is 5.88. The molecule has 2 rings (SSSR count). The third-order valence-electron chi connectivity index (χ3n) is 4.13. The molecule has 3 nitrogen and oxygen atoms in total. The van der Waals surface area contributed by atoms with Crippen LogP contribution in [0.1, 0.15) is 41.3 Å². The maximum Gasteiger partial charge on any atom is 0.176 e. The first kappa shape index (κ1) is 14.2. The Morgan fingerprint density at radius 3 is 2.47 bits per heavy atom. The van der Waals surface area contributed by atoms with Gasteiger partial charge in [0.2, 0.25) is 0 Å². The number of carbonyl (C=O) groups is 1. The zero-order valence-electron chi connectivity index (χ0n) is 12.1. The standard InChI is InChI=1S/C16H23NO2/c1-12-4-5-14(10-13(12)2)15(18)11-17-8-6-16(3,19)7-9-17/h4-5,10,19H,6-9,11H2,1-3H3. The topological polar surface area (TPSA) is 40.5 Å². The smallest absolute Gasteiger partial charge is 0.176 e. The Hall–Kier alpha value is -1.19. The van der Waals surface area contributed by atoms with E-state index in [2.05, 4.69) is 11.8 Å². The Balaban J connectivity index is 1.96. The number of benzene rings is 1. The van der Waals surface area contributed by atoms with Crippen molar-refractivity contribution in [3.63, 3.8) is 0 Å². The van der Waals surface area contributed by atoms with Crippen LogP contribution in [0.3, 0.4) is 0 Å². The van der Waals surface area contributed by atoms with Crippen LogP contribution < -0.4 is 0 Å². The summed E-state index contributed by atoms with van der Waals surface area (Å²) in [6.45, 7) is 8.00. The van der Waals surface area contributed by atoms with E-state index in [9.17, 15) is 9.90 Å². The van der Waals surface area contributed by atoms with E-state index in [1.165, 1.54) is 5.56 Å². The first-order valence-corrected chi connectivity index (χ1v) is 6.93. The predicted octanol–water partition coefficient (Wildman–Crippen LogP) is 2.33. The van der Waals surface area contributed by atoms with Crippen molar-refractivity contribution in [2.24, 2.45) is 0 Å². The molecule has 0 radical (unpaired) electrons. The van der Waals surface area contributed by atoms with Gasteiger partial charge in [-0.25, -0.2) is 0 Å². The molecule has 1 aromatic carbocycles. The second-order valence-electron chi connectivity index (χ2n) is 6.00. The van der Waals surface area contributed by atoms with Crippen LogP contribution in [0.25, 0.3) is 0 Å². The lowest BCUT2D eigenvalue weighted by molar-refractivity contribution is -0.00420. The summed E-state index contributed by atoms with van der Waals surface area (Å²) in [7, 11) is 0. The van der Waals surface area contributed by atoms with Gasteiger partial charge >= 0.3 is 0 Å². The van der Waals surface area contributed by atoms with Gasteiger partial charge in [-0.1, -0.05) is 12.1 Å². The fourth-order valence-electron chi connectivity index (χ4n) is 2.40. The summed E-state index contributed by atoms with van der Waals surface area (Å²) in [4.78, 5) is 14.4. The maximum atomic E-state index is 12.2. The minimum absolute atomic E-state index is 0.171. The lowest BCUT2D eigenvalue weighted by atomic mass is 9.93. The molecule has 104 valence electrons. The molecule has 1 saturated heterocycles. The highest BCUT2D eigenvalue weighted by atomic mass is 16.3. The largest absolute Gasteiger partial charge is 0.390 e. The summed E-state index contributed by atoms with van der Waals surface area (Å²) in [5, 5.41) is 9.90. The zero-order valence-corrected chi connectivity index (χ0v) is 12.1. The van der Waals surface area contributed by atoms with Crippen LogP contribution in [0.5, 0.6) is 0 Å². The van der Waals surface area contributed by atoms with Crippen molar-refractivity contribution in [1.29, 1.82) is 0 Å². The molecule has 1 aromatic rings. The molecular weight excluding hydrogens is 238 g/mol. The number of carbonyl (C=O) groups excluding carboxylic acids is 1. The molecule has 1 aliphatic rings. The average molecular weight is 261 g/mol. The number of aliphatic hydroxyl groups is 1. The molecule has 1 N–H and O–H groups in total. The number of piperidine rings is 1. The number of ketones is 1. The van der Waals surface area contributed by atoms with E-state index in [0.717, 1.165) is 37.1 Å². The molecule has 0 unspecified atom stereocenters. The molecule has 1 fully saturated rings. The van der Waals surface area contributed by atoms with Gasteiger partial charge in [0.05, 0.1) is 12.1 Å². The van der Waals surface area contributed by atoms with Crippen LogP contribution in [0.15, 0.2) is 18.2 Å². The van der Waals surface area contributed by atoms with Gasteiger partial charge < -0.3 is 5.11 Å². The maximum absolute atomic E-state index is 12.2. The molecule has 0 amide bonds. The Bertz CT molecular complexity index is 470. The number of hydrogen-bond donors (Lipinski definition) is 1. The molecule has 0 aromatic heterocycles. The Kier molecular flexibility index (Phi) is 4.07. The van der Waals surface area contributed by atoms with Crippen molar-refractivity contribution in [2.75, 3.05) is 19.6 Å². The third-order valence-corrected chi connectivity index (χ3v) is 4.13. The predicted molar refractivity (Wildman–Crippen MR) is 76.5 cm³/mol. The highest BCUT2D eigenvalue weighted by molar-refractivity contribution is 5.97. The van der Waals surface area contributed by atoms with Crippen molar-refractivity contribution in [3.8, 4) is 0 Å².